The minimum Gasteiger partial charge on any atom is -0.497 e. The van der Waals surface area contributed by atoms with Crippen molar-refractivity contribution in [3.05, 3.63) is 41.1 Å². The van der Waals surface area contributed by atoms with Gasteiger partial charge in [0.1, 0.15) is 28.2 Å². The van der Waals surface area contributed by atoms with Crippen molar-refractivity contribution in [2.45, 2.75) is 304 Å². The number of nitrogens with one attached hydrogen (secondary N) is 3. The molecule has 0 aliphatic carbocycles. The molecular formula is C70H114N9O13+. The number of ether oxygens (including phenoxy) is 7. The van der Waals surface area contributed by atoms with Gasteiger partial charge in [-0.15, -0.1) is 4.99 Å². The zero-order valence-electron chi connectivity index (χ0n) is 58.6. The Hall–Kier alpha value is -6.61. The van der Waals surface area contributed by atoms with E-state index in [0.29, 0.717) is 75.0 Å². The summed E-state index contributed by atoms with van der Waals surface area (Å²) in [6.45, 7) is 27.0. The molecule has 3 N–H and O–H groups in total. The van der Waals surface area contributed by atoms with Crippen molar-refractivity contribution >= 4 is 54.2 Å². The third-order valence-corrected chi connectivity index (χ3v) is 16.9. The number of alkyl carbamates (subject to hydrolysis) is 2. The van der Waals surface area contributed by atoms with Crippen LogP contribution in [0.5, 0.6) is 5.75 Å². The highest BCUT2D eigenvalue weighted by molar-refractivity contribution is 6.05. The molecule has 0 aromatic heterocycles. The van der Waals surface area contributed by atoms with Gasteiger partial charge in [0, 0.05) is 36.9 Å². The van der Waals surface area contributed by atoms with Crippen LogP contribution in [0.1, 0.15) is 250 Å². The van der Waals surface area contributed by atoms with Gasteiger partial charge in [0.25, 0.3) is 0 Å². The summed E-state index contributed by atoms with van der Waals surface area (Å²) in [4.78, 5) is 103. The highest BCUT2D eigenvalue weighted by Gasteiger charge is 2.53. The van der Waals surface area contributed by atoms with Crippen molar-refractivity contribution in [2.24, 2.45) is 15.9 Å². The van der Waals surface area contributed by atoms with E-state index in [9.17, 15) is 28.8 Å². The SMILES string of the molecule is CCCCCCCCC[C@@H]1C[C@@H]2CC[C@H]3[C@@H](C(=O)OCCCCCCCCC[C@@H]4C(C(=O)OCCCC[NH+]=C(NC(=O)OC(C)(C)C)NC(=O)OC(C)(C)C)=C5CCCN5C(=NC(=O)OC(C)(C)C)N4C(=O)OC(C)(C)C)[C@@H](C)N=C(N1Cc1ccc(OC)cc1)N23. The monoisotopic (exact) mass is 1290 g/mol. The van der Waals surface area contributed by atoms with Gasteiger partial charge in [-0.25, -0.2) is 33.9 Å². The molecule has 0 bridgehead atoms. The van der Waals surface area contributed by atoms with Gasteiger partial charge in [-0.2, -0.15) is 10.6 Å². The molecule has 6 atom stereocenters. The number of aliphatic imine (C=N–C) groups is 2. The Balaban J connectivity index is 1.06. The topological polar surface area (TPSA) is 243 Å². The summed E-state index contributed by atoms with van der Waals surface area (Å²) >= 11 is 0. The maximum Gasteiger partial charge on any atom is 0.476 e. The number of hydrogen-bond acceptors (Lipinski definition) is 16. The predicted octanol–water partition coefficient (Wildman–Crippen LogP) is 12.4. The van der Waals surface area contributed by atoms with Crippen molar-refractivity contribution in [1.29, 1.82) is 0 Å². The van der Waals surface area contributed by atoms with Crippen LogP contribution in [0.25, 0.3) is 0 Å². The van der Waals surface area contributed by atoms with Gasteiger partial charge in [-0.05, 0) is 172 Å². The first-order valence-corrected chi connectivity index (χ1v) is 34.5. The molecule has 6 rings (SSSR count). The number of carbonyl (C=O) groups excluding carboxylic acids is 6. The highest BCUT2D eigenvalue weighted by atomic mass is 16.6. The molecule has 92 heavy (non-hydrogen) atoms. The molecule has 5 aliphatic rings. The maximum absolute atomic E-state index is 14.6. The average molecular weight is 1290 g/mol. The van der Waals surface area contributed by atoms with E-state index in [2.05, 4.69) is 56.4 Å². The van der Waals surface area contributed by atoms with Gasteiger partial charge in [0.2, 0.25) is 5.96 Å². The van der Waals surface area contributed by atoms with Crippen molar-refractivity contribution < 1.29 is 66.9 Å². The molecule has 3 fully saturated rings. The predicted molar refractivity (Wildman–Crippen MR) is 355 cm³/mol. The quantitative estimate of drug-likeness (QED) is 0.0232. The van der Waals surface area contributed by atoms with E-state index in [4.69, 9.17) is 38.2 Å². The standard InChI is InChI=1S/C70H113N9O13/c1-16-17-18-19-21-24-27-33-50-46-51-38-41-55-56(48(2)72-61(78(51)55)77(50)47-49-36-39-52(86-15)40-37-49)58(80)87-44-30-26-23-20-22-25-28-34-54-57(53-35-32-43-76(53)62(75-65(84)91-69(9,10)11)79(54)66(85)92-70(12,13)14)59(81)88-45-31-29-42-71-60(73-63(82)89-67(3,4)5)74-64(83)90-68(6,7)8/h36-37,39-40,48,50-51,54-56H,16-35,38,41-47H2,1-15H3,(H2,71,73,74,82,83)/p+1/t48-,50-,51+,54-,55+,56+/m1/s1. The average Bonchev–Trinajstić information content (AvgIpc) is 1.45. The molecule has 4 amide bonds. The van der Waals surface area contributed by atoms with E-state index in [1.165, 1.54) is 55.4 Å². The number of fused-ring (bicyclic) bond motifs is 1. The number of benzene rings is 1. The smallest absolute Gasteiger partial charge is 0.476 e. The normalized spacial score (nSPS) is 21.0. The molecule has 516 valence electrons. The van der Waals surface area contributed by atoms with Crippen LogP contribution in [-0.4, -0.2) is 160 Å². The second-order valence-corrected chi connectivity index (χ2v) is 29.4. The lowest BCUT2D eigenvalue weighted by molar-refractivity contribution is -0.461. The molecule has 0 saturated carbocycles. The van der Waals surface area contributed by atoms with Crippen LogP contribution in [0.3, 0.4) is 0 Å². The van der Waals surface area contributed by atoms with E-state index >= 15 is 0 Å². The van der Waals surface area contributed by atoms with Gasteiger partial charge >= 0.3 is 42.3 Å². The molecule has 1 aromatic rings. The molecular weight excluding hydrogens is 1170 g/mol. The summed E-state index contributed by atoms with van der Waals surface area (Å²) in [5.74, 6) is 0.837. The number of rotatable bonds is 28. The Bertz CT molecular complexity index is 2710. The Morgan fingerprint density at radius 2 is 1.24 bits per heavy atom. The second kappa shape index (κ2) is 34.5. The molecule has 22 heteroatoms. The number of hydrogen-bond donors (Lipinski definition) is 3. The minimum absolute atomic E-state index is 0.0167. The lowest BCUT2D eigenvalue weighted by Crippen LogP contribution is -2.80. The van der Waals surface area contributed by atoms with E-state index < -0.39 is 58.8 Å². The van der Waals surface area contributed by atoms with Crippen LogP contribution >= 0.6 is 0 Å². The summed E-state index contributed by atoms with van der Waals surface area (Å²) in [5, 5.41) is 5.06. The number of allylic oxidation sites excluding steroid dienone is 1. The Kier molecular flexibility index (Phi) is 27.9. The number of nitrogens with zero attached hydrogens (tertiary/aromatic N) is 6. The van der Waals surface area contributed by atoms with Crippen molar-refractivity contribution in [3.8, 4) is 5.75 Å². The van der Waals surface area contributed by atoms with Crippen LogP contribution in [-0.2, 0) is 44.6 Å². The zero-order chi connectivity index (χ0) is 67.4. The first-order valence-electron chi connectivity index (χ1n) is 34.5. The van der Waals surface area contributed by atoms with E-state index in [1.807, 2.05) is 12.1 Å². The lowest BCUT2D eigenvalue weighted by Gasteiger charge is -2.52. The fourth-order valence-electron chi connectivity index (χ4n) is 12.9. The summed E-state index contributed by atoms with van der Waals surface area (Å²) in [6, 6.07) is 8.12. The molecule has 0 unspecified atom stereocenters. The largest absolute Gasteiger partial charge is 0.497 e. The molecule has 5 aliphatic heterocycles. The fraction of sp³-hybridized carbons (Fsp3) is 0.757. The van der Waals surface area contributed by atoms with Crippen LogP contribution in [0.15, 0.2) is 45.5 Å². The fourth-order valence-corrected chi connectivity index (χ4v) is 12.9. The van der Waals surface area contributed by atoms with E-state index in [-0.39, 0.29) is 49.0 Å². The summed E-state index contributed by atoms with van der Waals surface area (Å²) in [6.07, 6.45) is 18.2. The van der Waals surface area contributed by atoms with Gasteiger partial charge in [0.05, 0.1) is 50.4 Å². The minimum atomic E-state index is -0.930. The van der Waals surface area contributed by atoms with Crippen LogP contribution in [0.2, 0.25) is 0 Å². The van der Waals surface area contributed by atoms with Gasteiger partial charge in [-0.1, -0.05) is 103 Å². The summed E-state index contributed by atoms with van der Waals surface area (Å²) in [5.41, 5.74) is -1.21. The summed E-state index contributed by atoms with van der Waals surface area (Å²) in [7, 11) is 1.70. The number of unbranched alkanes of at least 4 members (excludes halogenated alkanes) is 13. The van der Waals surface area contributed by atoms with Crippen molar-refractivity contribution in [1.82, 2.24) is 30.2 Å². The molecule has 22 nitrogen and oxygen atoms in total. The van der Waals surface area contributed by atoms with Gasteiger partial charge in [-0.3, -0.25) is 9.79 Å². The Morgan fingerprint density at radius 3 is 1.84 bits per heavy atom. The van der Waals surface area contributed by atoms with Crippen molar-refractivity contribution in [2.75, 3.05) is 33.4 Å². The van der Waals surface area contributed by atoms with Crippen LogP contribution < -0.4 is 20.4 Å². The molecule has 0 radical (unpaired) electrons. The molecule has 3 saturated heterocycles. The van der Waals surface area contributed by atoms with Gasteiger partial charge < -0.3 is 47.9 Å². The van der Waals surface area contributed by atoms with E-state index in [1.54, 1.807) is 95.1 Å². The zero-order valence-corrected chi connectivity index (χ0v) is 58.6. The summed E-state index contributed by atoms with van der Waals surface area (Å²) < 4.78 is 40.0. The van der Waals surface area contributed by atoms with E-state index in [0.717, 1.165) is 82.5 Å². The van der Waals surface area contributed by atoms with Crippen LogP contribution in [0.4, 0.5) is 19.2 Å². The molecule has 0 spiro atoms. The number of esters is 2. The molecule has 5 heterocycles. The molecule has 1 aromatic carbocycles. The van der Waals surface area contributed by atoms with Crippen LogP contribution in [0, 0.1) is 5.92 Å². The van der Waals surface area contributed by atoms with Crippen molar-refractivity contribution in [3.63, 3.8) is 0 Å². The number of amides is 4. The number of guanidine groups is 3. The first kappa shape index (κ1) is 74.4. The Labute approximate surface area is 549 Å². The maximum atomic E-state index is 14.6. The van der Waals surface area contributed by atoms with Gasteiger partial charge in [0.15, 0.2) is 5.96 Å². The lowest BCUT2D eigenvalue weighted by atomic mass is 9.89. The highest BCUT2D eigenvalue weighted by Crippen LogP contribution is 2.44. The number of carbonyl (C=O) groups is 6. The first-order chi connectivity index (χ1) is 43.5. The number of methoxy groups -OCH3 is 1. The second-order valence-electron chi connectivity index (χ2n) is 29.4. The third kappa shape index (κ3) is 23.4. The third-order valence-electron chi connectivity index (χ3n) is 16.9. The Morgan fingerprint density at radius 1 is 0.674 bits per heavy atom.